The number of methoxy groups -OCH3 is 1. The number of hydrogen-bond acceptors (Lipinski definition) is 2. The fraction of sp³-hybridized carbons (Fsp3) is 0.571. The summed E-state index contributed by atoms with van der Waals surface area (Å²) in [7, 11) is 1.67. The quantitative estimate of drug-likeness (QED) is 0.503. The summed E-state index contributed by atoms with van der Waals surface area (Å²) >= 11 is 12.2. The van der Waals surface area contributed by atoms with Crippen molar-refractivity contribution in [2.24, 2.45) is 0 Å². The zero-order valence-electron chi connectivity index (χ0n) is 10.7. The van der Waals surface area contributed by atoms with E-state index in [1.165, 1.54) is 0 Å². The molecule has 0 amide bonds. The minimum Gasteiger partial charge on any atom is -0.382 e. The average molecular weight is 291 g/mol. The highest BCUT2D eigenvalue weighted by Gasteiger charge is 2.12. The highest BCUT2D eigenvalue weighted by atomic mass is 35.5. The van der Waals surface area contributed by atoms with E-state index in [2.05, 4.69) is 0 Å². The van der Waals surface area contributed by atoms with Crippen LogP contribution in [0.5, 0.6) is 0 Å². The minimum atomic E-state index is 0.298. The molecule has 0 fully saturated rings. The van der Waals surface area contributed by atoms with Gasteiger partial charge < -0.3 is 9.47 Å². The molecule has 1 unspecified atom stereocenters. The smallest absolute Gasteiger partial charge is 0.0700 e. The average Bonchev–Trinajstić information content (AvgIpc) is 2.39. The lowest BCUT2D eigenvalue weighted by molar-refractivity contribution is 0.0683. The van der Waals surface area contributed by atoms with Crippen molar-refractivity contribution in [1.29, 1.82) is 0 Å². The Hall–Kier alpha value is -0.280. The molecule has 102 valence electrons. The molecule has 0 saturated carbocycles. The predicted octanol–water partition coefficient (Wildman–Crippen LogP) is 4.11. The van der Waals surface area contributed by atoms with Crippen molar-refractivity contribution in [2.75, 3.05) is 32.8 Å². The van der Waals surface area contributed by atoms with Gasteiger partial charge in [-0.05, 0) is 30.4 Å². The van der Waals surface area contributed by atoms with Gasteiger partial charge in [0.15, 0.2) is 0 Å². The van der Waals surface area contributed by atoms with Gasteiger partial charge in [-0.3, -0.25) is 0 Å². The monoisotopic (exact) mass is 290 g/mol. The molecule has 0 aromatic heterocycles. The van der Waals surface area contributed by atoms with Crippen LogP contribution in [-0.4, -0.2) is 32.8 Å². The second kappa shape index (κ2) is 9.62. The Morgan fingerprint density at radius 3 is 2.61 bits per heavy atom. The molecule has 0 saturated heterocycles. The van der Waals surface area contributed by atoms with E-state index in [1.807, 2.05) is 24.3 Å². The molecule has 1 atom stereocenters. The molecule has 0 N–H and O–H groups in total. The second-order valence-corrected chi connectivity index (χ2v) is 4.84. The summed E-state index contributed by atoms with van der Waals surface area (Å²) in [5.74, 6) is 0.883. The van der Waals surface area contributed by atoms with Crippen LogP contribution in [0.4, 0.5) is 0 Å². The van der Waals surface area contributed by atoms with Crippen LogP contribution < -0.4 is 0 Å². The third-order valence-electron chi connectivity index (χ3n) is 2.80. The Kier molecular flexibility index (Phi) is 8.44. The van der Waals surface area contributed by atoms with Gasteiger partial charge in [0.2, 0.25) is 0 Å². The Balaban J connectivity index is 2.32. The third-order valence-corrected chi connectivity index (χ3v) is 3.52. The largest absolute Gasteiger partial charge is 0.382 e. The van der Waals surface area contributed by atoms with Crippen molar-refractivity contribution in [3.63, 3.8) is 0 Å². The highest BCUT2D eigenvalue weighted by Crippen LogP contribution is 2.28. The Morgan fingerprint density at radius 2 is 1.94 bits per heavy atom. The molecule has 0 aliphatic rings. The number of benzene rings is 1. The zero-order valence-corrected chi connectivity index (χ0v) is 12.2. The maximum absolute atomic E-state index is 6.17. The normalized spacial score (nSPS) is 12.6. The number of ether oxygens (including phenoxy) is 2. The van der Waals surface area contributed by atoms with E-state index >= 15 is 0 Å². The first-order valence-corrected chi connectivity index (χ1v) is 7.08. The summed E-state index contributed by atoms with van der Waals surface area (Å²) < 4.78 is 10.3. The van der Waals surface area contributed by atoms with Crippen molar-refractivity contribution in [3.8, 4) is 0 Å². The summed E-state index contributed by atoms with van der Waals surface area (Å²) in [5, 5.41) is 0.795. The lowest BCUT2D eigenvalue weighted by atomic mass is 9.96. The molecule has 1 aromatic rings. The molecule has 0 bridgehead atoms. The third kappa shape index (κ3) is 5.57. The summed E-state index contributed by atoms with van der Waals surface area (Å²) in [6.07, 6.45) is 1.96. The van der Waals surface area contributed by atoms with Crippen LogP contribution in [-0.2, 0) is 9.47 Å². The van der Waals surface area contributed by atoms with Crippen LogP contribution >= 0.6 is 23.2 Å². The van der Waals surface area contributed by atoms with E-state index in [-0.39, 0.29) is 0 Å². The number of halogens is 2. The van der Waals surface area contributed by atoms with Gasteiger partial charge in [0.1, 0.15) is 0 Å². The van der Waals surface area contributed by atoms with Crippen LogP contribution in [0, 0.1) is 0 Å². The summed E-state index contributed by atoms with van der Waals surface area (Å²) in [4.78, 5) is 0. The van der Waals surface area contributed by atoms with Crippen molar-refractivity contribution >= 4 is 23.2 Å². The molecule has 4 heteroatoms. The minimum absolute atomic E-state index is 0.298. The fourth-order valence-electron chi connectivity index (χ4n) is 1.80. The van der Waals surface area contributed by atoms with Crippen LogP contribution in [0.2, 0.25) is 5.02 Å². The van der Waals surface area contributed by atoms with E-state index in [0.29, 0.717) is 25.0 Å². The molecule has 0 aliphatic carbocycles. The Labute approximate surface area is 119 Å². The van der Waals surface area contributed by atoms with Gasteiger partial charge in [-0.25, -0.2) is 0 Å². The Bertz CT molecular complexity index is 331. The van der Waals surface area contributed by atoms with Crippen LogP contribution in [0.1, 0.15) is 24.3 Å². The number of alkyl halides is 1. The second-order valence-electron chi connectivity index (χ2n) is 4.12. The zero-order chi connectivity index (χ0) is 13.2. The van der Waals surface area contributed by atoms with Gasteiger partial charge in [0.05, 0.1) is 13.2 Å². The molecule has 2 nitrogen and oxygen atoms in total. The Morgan fingerprint density at radius 1 is 1.17 bits per heavy atom. The lowest BCUT2D eigenvalue weighted by Crippen LogP contribution is -2.06. The van der Waals surface area contributed by atoms with E-state index in [1.54, 1.807) is 7.11 Å². The van der Waals surface area contributed by atoms with E-state index in [0.717, 1.165) is 30.0 Å². The van der Waals surface area contributed by atoms with Gasteiger partial charge >= 0.3 is 0 Å². The van der Waals surface area contributed by atoms with E-state index in [9.17, 15) is 0 Å². The predicted molar refractivity (Wildman–Crippen MR) is 76.8 cm³/mol. The summed E-state index contributed by atoms with van der Waals surface area (Å²) in [6.45, 7) is 2.03. The molecule has 0 radical (unpaired) electrons. The SMILES string of the molecule is COCCOCCCC(CCl)c1ccccc1Cl. The van der Waals surface area contributed by atoms with Crippen molar-refractivity contribution < 1.29 is 9.47 Å². The first kappa shape index (κ1) is 15.8. The molecule has 0 aliphatic heterocycles. The summed E-state index contributed by atoms with van der Waals surface area (Å²) in [6, 6.07) is 7.88. The molecular formula is C14H20Cl2O2. The van der Waals surface area contributed by atoms with Crippen LogP contribution in [0.25, 0.3) is 0 Å². The molecular weight excluding hydrogens is 271 g/mol. The lowest BCUT2D eigenvalue weighted by Gasteiger charge is -2.15. The maximum atomic E-state index is 6.17. The van der Waals surface area contributed by atoms with E-state index in [4.69, 9.17) is 32.7 Å². The van der Waals surface area contributed by atoms with Crippen molar-refractivity contribution in [3.05, 3.63) is 34.9 Å². The first-order valence-electron chi connectivity index (χ1n) is 6.16. The van der Waals surface area contributed by atoms with Gasteiger partial charge in [0.25, 0.3) is 0 Å². The topological polar surface area (TPSA) is 18.5 Å². The molecule has 1 rings (SSSR count). The van der Waals surface area contributed by atoms with Gasteiger partial charge in [-0.15, -0.1) is 11.6 Å². The van der Waals surface area contributed by atoms with Gasteiger partial charge in [-0.1, -0.05) is 29.8 Å². The molecule has 0 heterocycles. The first-order chi connectivity index (χ1) is 8.79. The fourth-order valence-corrected chi connectivity index (χ4v) is 2.41. The highest BCUT2D eigenvalue weighted by molar-refractivity contribution is 6.31. The van der Waals surface area contributed by atoms with E-state index < -0.39 is 0 Å². The van der Waals surface area contributed by atoms with Crippen LogP contribution in [0.15, 0.2) is 24.3 Å². The molecule has 18 heavy (non-hydrogen) atoms. The van der Waals surface area contributed by atoms with Gasteiger partial charge in [-0.2, -0.15) is 0 Å². The van der Waals surface area contributed by atoms with Crippen LogP contribution in [0.3, 0.4) is 0 Å². The summed E-state index contributed by atoms with van der Waals surface area (Å²) in [5.41, 5.74) is 1.13. The maximum Gasteiger partial charge on any atom is 0.0700 e. The molecule has 0 spiro atoms. The number of hydrogen-bond donors (Lipinski definition) is 0. The molecule has 1 aromatic carbocycles. The van der Waals surface area contributed by atoms with Crippen molar-refractivity contribution in [2.45, 2.75) is 18.8 Å². The standard InChI is InChI=1S/C14H20Cl2O2/c1-17-9-10-18-8-4-5-12(11-15)13-6-2-3-7-14(13)16/h2-3,6-7,12H,4-5,8-11H2,1H3. The van der Waals surface area contributed by atoms with Crippen molar-refractivity contribution in [1.82, 2.24) is 0 Å². The van der Waals surface area contributed by atoms with Gasteiger partial charge in [0, 0.05) is 24.6 Å². The number of rotatable bonds is 9.